The third-order valence-electron chi connectivity index (χ3n) is 11.7. The number of carboxylic acid groups (broad SMARTS) is 2. The monoisotopic (exact) mass is 1710 g/mol. The molecule has 10 aromatic rings. The summed E-state index contributed by atoms with van der Waals surface area (Å²) in [5.41, 5.74) is 8.85. The number of allylic oxidation sites excluding steroid dienone is 8. The van der Waals surface area contributed by atoms with Crippen molar-refractivity contribution in [1.29, 1.82) is 0 Å². The first-order valence-corrected chi connectivity index (χ1v) is 31.4. The SMILES string of the molecule is CC(=O)CC(=O)O.CC(=O)CC(=O)O.O.O.O=C(/C=C/c1cc[nH+]cc1)/C=C/c1cc[nH+]cc1.O=C(/C=C/c1cccnc1)/C=C/c1ccc[nH+]c1.O=C(/C=C/c1cccnc1)/C=C/c1cccnc1.O=C(/C=C/c1ccncc1)/C=C/c1ccncc1.O=C=O.O=C=O.O=Cc1cccnc1.O=Cc1ccncc1.[Cl-].[Cl-].[Cl-].[Cl-].[Na+].[Na+].[OH-].[OH-]. The van der Waals surface area contributed by atoms with E-state index >= 15 is 0 Å². The normalized spacial score (nSPS) is 9.03. The summed E-state index contributed by atoms with van der Waals surface area (Å²) in [5.74, 6) is -2.95. The summed E-state index contributed by atoms with van der Waals surface area (Å²) in [4.78, 5) is 174. The Balaban J connectivity index is -0.000000142. The number of carboxylic acids is 2. The molecule has 0 bridgehead atoms. The summed E-state index contributed by atoms with van der Waals surface area (Å²) in [7, 11) is 0. The zero-order valence-electron chi connectivity index (χ0n) is 63.5. The van der Waals surface area contributed by atoms with E-state index in [-0.39, 0.29) is 190 Å². The van der Waals surface area contributed by atoms with Crippen LogP contribution in [0, 0.1) is 0 Å². The van der Waals surface area contributed by atoms with Gasteiger partial charge in [-0.15, -0.1) is 0 Å². The van der Waals surface area contributed by atoms with Crippen molar-refractivity contribution in [2.75, 3.05) is 0 Å². The van der Waals surface area contributed by atoms with Crippen LogP contribution in [0.2, 0.25) is 0 Å². The van der Waals surface area contributed by atoms with Crippen molar-refractivity contribution in [3.8, 4) is 0 Å². The Kier molecular flexibility index (Phi) is 93.0. The maximum Gasteiger partial charge on any atom is 1.00 e. The van der Waals surface area contributed by atoms with Gasteiger partial charge in [0.1, 0.15) is 30.7 Å². The fraction of sp³-hybridized carbons (Fsp3) is 0.0488. The summed E-state index contributed by atoms with van der Waals surface area (Å²) in [6, 6.07) is 36.7. The van der Waals surface area contributed by atoms with Gasteiger partial charge < -0.3 is 81.7 Å². The fourth-order valence-corrected chi connectivity index (χ4v) is 6.87. The molecule has 0 aliphatic carbocycles. The van der Waals surface area contributed by atoms with Gasteiger partial charge in [0.2, 0.25) is 0 Å². The number of nitrogens with zero attached hydrogens (tertiary/aromatic N) is 7. The van der Waals surface area contributed by atoms with Crippen molar-refractivity contribution in [3.63, 3.8) is 0 Å². The van der Waals surface area contributed by atoms with Crippen molar-refractivity contribution in [2.24, 2.45) is 0 Å². The number of ketones is 6. The third kappa shape index (κ3) is 76.1. The maximum absolute atomic E-state index is 11.6. The first-order valence-electron chi connectivity index (χ1n) is 31.4. The molecule has 10 aromatic heterocycles. The molecule has 0 spiro atoms. The summed E-state index contributed by atoms with van der Waals surface area (Å²) in [5, 5.41) is 15.7. The van der Waals surface area contributed by atoms with Crippen molar-refractivity contribution >= 4 is 120 Å². The molecule has 0 amide bonds. The first kappa shape index (κ1) is 126. The molecule has 0 saturated heterocycles. The Morgan fingerprint density at radius 1 is 0.314 bits per heavy atom. The molecule has 0 radical (unpaired) electrons. The second-order valence-electron chi connectivity index (χ2n) is 20.2. The van der Waals surface area contributed by atoms with Crippen molar-refractivity contribution in [3.05, 3.63) is 350 Å². The Labute approximate surface area is 748 Å². The van der Waals surface area contributed by atoms with E-state index in [1.807, 2.05) is 134 Å². The largest absolute Gasteiger partial charge is 1.00 e. The molecule has 608 valence electrons. The standard InChI is InChI=1S/4C15H12N2O.2C6H5NO.2C4H6O3.2CO2.4ClH.2Na.4H2O/c2*18-15(3-1-13-5-9-16-10-6-13)4-2-14-7-11-17-12-8-14;2*18-15(7-5-13-3-1-9-16-11-13)8-6-14-4-2-10-17-12-14;8-5-6-1-3-7-4-2-6;8-5-6-2-1-3-7-4-6;2*1-3(5)2-4(6)7;2*2-1-3;;;;;;;;;;/h4*1-12H;2*1-5H;2*2H2,1H3,(H,6,7);;;4*1H;;;4*1H2/q;;;;;;;;;;;;;;2*+1;;;;/p-3/b2*3-1+,4-2+;2*7-5+,8-6+;;;;;;;;;;;;;;;;. The van der Waals surface area contributed by atoms with E-state index in [2.05, 4.69) is 49.8 Å². The number of H-pyrrole nitrogens is 3. The molecule has 0 saturated carbocycles. The van der Waals surface area contributed by atoms with Gasteiger partial charge in [-0.2, -0.15) is 19.2 Å². The van der Waals surface area contributed by atoms with Crippen LogP contribution < -0.4 is 124 Å². The topological polar surface area (TPSA) is 535 Å². The molecule has 11 N–H and O–H groups in total. The molecule has 0 fully saturated rings. The average molecular weight is 1710 g/mol. The molecule has 0 aromatic carbocycles. The average Bonchev–Trinajstić information content (AvgIpc) is 0.778. The molecule has 36 heteroatoms. The molecule has 30 nitrogen and oxygen atoms in total. The second kappa shape index (κ2) is 86.9. The van der Waals surface area contributed by atoms with Crippen molar-refractivity contribution in [1.82, 2.24) is 34.9 Å². The molecule has 10 rings (SSSR count). The van der Waals surface area contributed by atoms with E-state index in [0.717, 1.165) is 57.1 Å². The van der Waals surface area contributed by atoms with Crippen LogP contribution in [0.25, 0.3) is 48.6 Å². The number of nitrogens with one attached hydrogen (secondary N) is 3. The Morgan fingerprint density at radius 3 is 0.737 bits per heavy atom. The molecule has 0 aliphatic rings. The minimum atomic E-state index is -1.06. The molecule has 0 atom stereocenters. The van der Waals surface area contributed by atoms with E-state index in [1.165, 1.54) is 56.5 Å². The molecular formula is C82H79Cl4N10Na2O20-. The van der Waals surface area contributed by atoms with Crippen molar-refractivity contribution < 1.29 is 223 Å². The van der Waals surface area contributed by atoms with E-state index in [0.29, 0.717) is 11.1 Å². The zero-order valence-corrected chi connectivity index (χ0v) is 70.6. The number of aldehydes is 2. The molecule has 118 heavy (non-hydrogen) atoms. The van der Waals surface area contributed by atoms with Gasteiger partial charge in [-0.25, -0.2) is 15.0 Å². The number of pyridine rings is 10. The van der Waals surface area contributed by atoms with Gasteiger partial charge in [0, 0.05) is 134 Å². The zero-order chi connectivity index (χ0) is 79.3. The number of carbonyl (C=O) groups is 10. The number of rotatable bonds is 22. The number of halogens is 4. The number of hydrogen-bond donors (Lipinski definition) is 2. The van der Waals surface area contributed by atoms with Gasteiger partial charge in [-0.3, -0.25) is 82.8 Å². The van der Waals surface area contributed by atoms with Crippen LogP contribution in [-0.2, 0) is 57.5 Å². The molecule has 0 unspecified atom stereocenters. The summed E-state index contributed by atoms with van der Waals surface area (Å²) in [6.45, 7) is 2.49. The summed E-state index contributed by atoms with van der Waals surface area (Å²) < 4.78 is 0. The Morgan fingerprint density at radius 2 is 0.542 bits per heavy atom. The predicted octanol–water partition coefficient (Wildman–Crippen LogP) is -9.91. The van der Waals surface area contributed by atoms with Crippen LogP contribution in [0.15, 0.2) is 294 Å². The van der Waals surface area contributed by atoms with Crippen LogP contribution >= 0.6 is 0 Å². The van der Waals surface area contributed by atoms with E-state index < -0.39 is 11.9 Å². The summed E-state index contributed by atoms with van der Waals surface area (Å²) >= 11 is 0. The summed E-state index contributed by atoms with van der Waals surface area (Å²) in [6.07, 6.45) is 62.0. The van der Waals surface area contributed by atoms with E-state index in [1.54, 1.807) is 166 Å². The molecule has 10 heterocycles. The van der Waals surface area contributed by atoms with Gasteiger partial charge in [0.15, 0.2) is 66.6 Å². The Hall–Kier alpha value is -12.5. The minimum absolute atomic E-state index is 0. The number of carbonyl (C=O) groups excluding carboxylic acids is 12. The van der Waals surface area contributed by atoms with E-state index in [9.17, 15) is 47.9 Å². The van der Waals surface area contributed by atoms with Crippen LogP contribution in [0.1, 0.15) is 91.9 Å². The number of hydrogen-bond acceptors (Lipinski definition) is 23. The first-order chi connectivity index (χ1) is 52.3. The molecule has 0 aliphatic heterocycles. The number of aliphatic carboxylic acids is 2. The predicted molar refractivity (Wildman–Crippen MR) is 409 cm³/mol. The third-order valence-corrected chi connectivity index (χ3v) is 11.7. The molecular weight excluding hydrogens is 1630 g/mol. The smallest absolute Gasteiger partial charge is 1.00 e. The quantitative estimate of drug-likeness (QED) is 0.0275. The Bertz CT molecular complexity index is 3900. The van der Waals surface area contributed by atoms with Crippen LogP contribution in [0.4, 0.5) is 0 Å². The van der Waals surface area contributed by atoms with Gasteiger partial charge in [-0.05, 0) is 199 Å². The van der Waals surface area contributed by atoms with Crippen LogP contribution in [0.3, 0.4) is 0 Å². The fourth-order valence-electron chi connectivity index (χ4n) is 6.87. The van der Waals surface area contributed by atoms with Gasteiger partial charge >= 0.3 is 83.4 Å². The maximum atomic E-state index is 11.6. The minimum Gasteiger partial charge on any atom is -1.00 e. The van der Waals surface area contributed by atoms with Gasteiger partial charge in [0.25, 0.3) is 0 Å². The van der Waals surface area contributed by atoms with E-state index in [4.69, 9.17) is 29.4 Å². The number of aromatic amines is 3. The number of aromatic nitrogens is 10. The van der Waals surface area contributed by atoms with Gasteiger partial charge in [0.05, 0.1) is 0 Å². The number of Topliss-reactive ketones (excluding diaryl/α,β-unsaturated/α-hetero) is 2. The second-order valence-corrected chi connectivity index (χ2v) is 20.2. The van der Waals surface area contributed by atoms with Crippen LogP contribution in [-0.4, -0.2) is 139 Å². The van der Waals surface area contributed by atoms with Gasteiger partial charge in [-0.1, -0.05) is 42.5 Å². The van der Waals surface area contributed by atoms with Crippen LogP contribution in [0.5, 0.6) is 0 Å². The van der Waals surface area contributed by atoms with Crippen molar-refractivity contribution in [2.45, 2.75) is 26.7 Å².